The van der Waals surface area contributed by atoms with Crippen molar-refractivity contribution in [3.63, 3.8) is 0 Å². The molecular weight excluding hydrogens is 386 g/mol. The van der Waals surface area contributed by atoms with Crippen LogP contribution >= 0.6 is 11.6 Å². The molecule has 8 heteroatoms. The van der Waals surface area contributed by atoms with Crippen LogP contribution in [-0.2, 0) is 9.53 Å². The normalized spacial score (nSPS) is 16.6. The quantitative estimate of drug-likeness (QED) is 0.576. The van der Waals surface area contributed by atoms with Crippen molar-refractivity contribution in [2.24, 2.45) is 4.99 Å². The first-order valence-electron chi connectivity index (χ1n) is 8.42. The highest BCUT2D eigenvalue weighted by Gasteiger charge is 2.26. The van der Waals surface area contributed by atoms with Crippen molar-refractivity contribution in [3.05, 3.63) is 52.2 Å². The second-order valence-electron chi connectivity index (χ2n) is 5.96. The maximum atomic E-state index is 12.3. The van der Waals surface area contributed by atoms with E-state index in [4.69, 9.17) is 35.3 Å². The predicted molar refractivity (Wildman–Crippen MR) is 103 cm³/mol. The molecule has 2 heterocycles. The van der Waals surface area contributed by atoms with E-state index in [2.05, 4.69) is 4.99 Å². The van der Waals surface area contributed by atoms with Crippen LogP contribution < -0.4 is 18.9 Å². The molecule has 0 atom stereocenters. The van der Waals surface area contributed by atoms with Gasteiger partial charge in [0.2, 0.25) is 5.90 Å². The average molecular weight is 402 g/mol. The molecule has 0 bridgehead atoms. The Kier molecular flexibility index (Phi) is 4.83. The van der Waals surface area contributed by atoms with E-state index in [0.29, 0.717) is 52.4 Å². The van der Waals surface area contributed by atoms with E-state index in [1.165, 1.54) is 14.2 Å². The lowest BCUT2D eigenvalue weighted by Crippen LogP contribution is -2.15. The highest BCUT2D eigenvalue weighted by atomic mass is 35.5. The van der Waals surface area contributed by atoms with Crippen molar-refractivity contribution in [1.29, 1.82) is 0 Å². The number of cyclic esters (lactones) is 1. The minimum atomic E-state index is -0.567. The molecule has 4 rings (SSSR count). The lowest BCUT2D eigenvalue weighted by molar-refractivity contribution is -0.129. The lowest BCUT2D eigenvalue weighted by Gasteiger charge is -2.19. The molecule has 0 radical (unpaired) electrons. The Hall–Kier alpha value is -3.19. The third-order valence-corrected chi connectivity index (χ3v) is 4.42. The number of carbonyl (C=O) groups is 1. The Morgan fingerprint density at radius 1 is 1.04 bits per heavy atom. The molecule has 2 aliphatic rings. The SMILES string of the molecule is COc1cc(OC)cc(C2=N/C(=C\c3cc(Cl)c4c(c3)OCCO4)C(=O)O2)c1. The fourth-order valence-corrected chi connectivity index (χ4v) is 3.11. The summed E-state index contributed by atoms with van der Waals surface area (Å²) in [6.07, 6.45) is 1.58. The van der Waals surface area contributed by atoms with Gasteiger partial charge in [0.25, 0.3) is 0 Å². The molecule has 0 unspecified atom stereocenters. The van der Waals surface area contributed by atoms with Crippen molar-refractivity contribution in [2.45, 2.75) is 0 Å². The molecule has 28 heavy (non-hydrogen) atoms. The van der Waals surface area contributed by atoms with Crippen molar-refractivity contribution >= 4 is 29.5 Å². The number of nitrogens with zero attached hydrogens (tertiary/aromatic N) is 1. The fourth-order valence-electron chi connectivity index (χ4n) is 2.84. The Balaban J connectivity index is 1.69. The van der Waals surface area contributed by atoms with Gasteiger partial charge < -0.3 is 23.7 Å². The van der Waals surface area contributed by atoms with Gasteiger partial charge in [-0.3, -0.25) is 0 Å². The summed E-state index contributed by atoms with van der Waals surface area (Å²) in [6, 6.07) is 8.55. The van der Waals surface area contributed by atoms with E-state index in [1.54, 1.807) is 36.4 Å². The number of ether oxygens (including phenoxy) is 5. The average Bonchev–Trinajstić information content (AvgIpc) is 3.08. The van der Waals surface area contributed by atoms with Crippen molar-refractivity contribution in [3.8, 4) is 23.0 Å². The number of halogens is 1. The lowest BCUT2D eigenvalue weighted by atomic mass is 10.1. The molecule has 0 fully saturated rings. The van der Waals surface area contributed by atoms with E-state index in [-0.39, 0.29) is 11.6 Å². The van der Waals surface area contributed by atoms with Gasteiger partial charge >= 0.3 is 5.97 Å². The van der Waals surface area contributed by atoms with Gasteiger partial charge in [-0.25, -0.2) is 9.79 Å². The monoisotopic (exact) mass is 401 g/mol. The largest absolute Gasteiger partial charge is 0.497 e. The fraction of sp³-hybridized carbons (Fsp3) is 0.200. The summed E-state index contributed by atoms with van der Waals surface area (Å²) < 4.78 is 26.9. The predicted octanol–water partition coefficient (Wildman–Crippen LogP) is 3.47. The van der Waals surface area contributed by atoms with E-state index in [9.17, 15) is 4.79 Å². The minimum Gasteiger partial charge on any atom is -0.497 e. The third kappa shape index (κ3) is 3.48. The van der Waals surface area contributed by atoms with Gasteiger partial charge in [-0.05, 0) is 35.9 Å². The molecule has 2 aliphatic heterocycles. The number of fused-ring (bicyclic) bond motifs is 1. The summed E-state index contributed by atoms with van der Waals surface area (Å²) in [7, 11) is 3.08. The van der Waals surface area contributed by atoms with Crippen molar-refractivity contribution < 1.29 is 28.5 Å². The zero-order valence-corrected chi connectivity index (χ0v) is 15.9. The number of esters is 1. The number of methoxy groups -OCH3 is 2. The van der Waals surface area contributed by atoms with Crippen LogP contribution in [0.4, 0.5) is 0 Å². The summed E-state index contributed by atoms with van der Waals surface area (Å²) in [6.45, 7) is 0.877. The Morgan fingerprint density at radius 2 is 1.75 bits per heavy atom. The van der Waals surface area contributed by atoms with Crippen LogP contribution in [0.1, 0.15) is 11.1 Å². The smallest absolute Gasteiger partial charge is 0.363 e. The first-order valence-corrected chi connectivity index (χ1v) is 8.80. The van der Waals surface area contributed by atoms with Crippen molar-refractivity contribution in [2.75, 3.05) is 27.4 Å². The van der Waals surface area contributed by atoms with Crippen molar-refractivity contribution in [1.82, 2.24) is 0 Å². The van der Waals surface area contributed by atoms with Crippen LogP contribution in [0.25, 0.3) is 6.08 Å². The van der Waals surface area contributed by atoms with Gasteiger partial charge in [-0.15, -0.1) is 0 Å². The van der Waals surface area contributed by atoms with Gasteiger partial charge in [0.1, 0.15) is 24.7 Å². The van der Waals surface area contributed by atoms with Gasteiger partial charge in [0.05, 0.1) is 19.2 Å². The van der Waals surface area contributed by atoms with Crippen LogP contribution in [0.2, 0.25) is 5.02 Å². The highest BCUT2D eigenvalue weighted by molar-refractivity contribution is 6.32. The first-order chi connectivity index (χ1) is 13.6. The summed E-state index contributed by atoms with van der Waals surface area (Å²) in [4.78, 5) is 16.6. The van der Waals surface area contributed by atoms with E-state index >= 15 is 0 Å². The maximum absolute atomic E-state index is 12.3. The number of benzene rings is 2. The molecule has 2 aromatic carbocycles. The van der Waals surface area contributed by atoms with E-state index < -0.39 is 5.97 Å². The van der Waals surface area contributed by atoms with Crippen LogP contribution in [-0.4, -0.2) is 39.3 Å². The zero-order chi connectivity index (χ0) is 19.7. The molecule has 2 aromatic rings. The zero-order valence-electron chi connectivity index (χ0n) is 15.2. The molecular formula is C20H16ClNO6. The maximum Gasteiger partial charge on any atom is 0.363 e. The second kappa shape index (κ2) is 7.44. The van der Waals surface area contributed by atoms with Crippen LogP contribution in [0, 0.1) is 0 Å². The number of carbonyl (C=O) groups excluding carboxylic acids is 1. The first kappa shape index (κ1) is 18.2. The van der Waals surface area contributed by atoms with Gasteiger partial charge in [0.15, 0.2) is 17.2 Å². The summed E-state index contributed by atoms with van der Waals surface area (Å²) in [5.74, 6) is 1.74. The second-order valence-corrected chi connectivity index (χ2v) is 6.37. The topological polar surface area (TPSA) is 75.6 Å². The van der Waals surface area contributed by atoms with E-state index in [0.717, 1.165) is 0 Å². The minimum absolute atomic E-state index is 0.143. The molecule has 7 nitrogen and oxygen atoms in total. The number of hydrogen-bond donors (Lipinski definition) is 0. The summed E-state index contributed by atoms with van der Waals surface area (Å²) in [5.41, 5.74) is 1.35. The number of aliphatic imine (C=N–C) groups is 1. The Morgan fingerprint density at radius 3 is 2.46 bits per heavy atom. The van der Waals surface area contributed by atoms with Gasteiger partial charge in [-0.2, -0.15) is 0 Å². The Labute approximate surface area is 166 Å². The Bertz CT molecular complexity index is 992. The standard InChI is InChI=1S/C20H16ClNO6/c1-24-13-8-12(9-14(10-13)25-2)19-22-16(20(23)28-19)6-11-5-15(21)18-17(7-11)26-3-4-27-18/h5-10H,3-4H2,1-2H3/b16-6-. The number of hydrogen-bond acceptors (Lipinski definition) is 7. The van der Waals surface area contributed by atoms with Gasteiger partial charge in [0, 0.05) is 11.6 Å². The summed E-state index contributed by atoms with van der Waals surface area (Å²) >= 11 is 6.25. The van der Waals surface area contributed by atoms with Crippen LogP contribution in [0.15, 0.2) is 41.0 Å². The van der Waals surface area contributed by atoms with E-state index in [1.807, 2.05) is 0 Å². The molecule has 0 N–H and O–H groups in total. The molecule has 0 saturated carbocycles. The van der Waals surface area contributed by atoms with Crippen LogP contribution in [0.5, 0.6) is 23.0 Å². The molecule has 0 saturated heterocycles. The molecule has 144 valence electrons. The molecule has 0 aliphatic carbocycles. The van der Waals surface area contributed by atoms with Crippen LogP contribution in [0.3, 0.4) is 0 Å². The summed E-state index contributed by atoms with van der Waals surface area (Å²) in [5, 5.41) is 0.400. The molecule has 0 aromatic heterocycles. The molecule has 0 spiro atoms. The molecule has 0 amide bonds. The third-order valence-electron chi connectivity index (χ3n) is 4.14. The number of rotatable bonds is 4. The van der Waals surface area contributed by atoms with Gasteiger partial charge in [-0.1, -0.05) is 11.6 Å². The highest BCUT2D eigenvalue weighted by Crippen LogP contribution is 2.39.